The molecule has 1 rings (SSSR count). The first-order chi connectivity index (χ1) is 13.4. The number of hydrogen-bond donors (Lipinski definition) is 3. The van der Waals surface area contributed by atoms with Gasteiger partial charge in [0, 0.05) is 13.1 Å². The van der Waals surface area contributed by atoms with Crippen LogP contribution in [0.15, 0.2) is 11.8 Å². The van der Waals surface area contributed by atoms with E-state index < -0.39 is 29.6 Å². The number of ether oxygens (including phenoxy) is 1. The van der Waals surface area contributed by atoms with E-state index in [9.17, 15) is 19.2 Å². The predicted molar refractivity (Wildman–Crippen MR) is 109 cm³/mol. The standard InChI is InChI=1S/C20H34N4O5/c1-7-21-16(25)12-22-17(26)14(11-13(2)3)23-18(27)15-9-8-10-24(15)19(28)29-20(4,5)6/h11,13,15H,7-10,12H2,1-6H3,(H,21,25)(H,22,26)(H,23,27)/b14-11-/t15-/m0/s1. The second-order valence-electron chi connectivity index (χ2n) is 8.28. The van der Waals surface area contributed by atoms with Crippen molar-refractivity contribution in [1.29, 1.82) is 0 Å². The van der Waals surface area contributed by atoms with Gasteiger partial charge in [0.1, 0.15) is 17.3 Å². The molecule has 164 valence electrons. The van der Waals surface area contributed by atoms with Crippen LogP contribution in [0.2, 0.25) is 0 Å². The van der Waals surface area contributed by atoms with E-state index in [2.05, 4.69) is 16.0 Å². The summed E-state index contributed by atoms with van der Waals surface area (Å²) in [6.07, 6.45) is 2.22. The van der Waals surface area contributed by atoms with Crippen molar-refractivity contribution in [2.75, 3.05) is 19.6 Å². The molecule has 0 bridgehead atoms. The van der Waals surface area contributed by atoms with Gasteiger partial charge in [0.2, 0.25) is 11.8 Å². The summed E-state index contributed by atoms with van der Waals surface area (Å²) in [7, 11) is 0. The van der Waals surface area contributed by atoms with Gasteiger partial charge in [0.15, 0.2) is 0 Å². The van der Waals surface area contributed by atoms with Gasteiger partial charge < -0.3 is 20.7 Å². The van der Waals surface area contributed by atoms with Crippen LogP contribution in [0.3, 0.4) is 0 Å². The van der Waals surface area contributed by atoms with Crippen molar-refractivity contribution in [3.05, 3.63) is 11.8 Å². The number of nitrogens with one attached hydrogen (secondary N) is 3. The summed E-state index contributed by atoms with van der Waals surface area (Å²) in [4.78, 5) is 50.6. The zero-order chi connectivity index (χ0) is 22.2. The third-order valence-corrected chi connectivity index (χ3v) is 3.97. The van der Waals surface area contributed by atoms with Crippen LogP contribution in [0.25, 0.3) is 0 Å². The molecule has 29 heavy (non-hydrogen) atoms. The highest BCUT2D eigenvalue weighted by Crippen LogP contribution is 2.21. The van der Waals surface area contributed by atoms with E-state index >= 15 is 0 Å². The number of carbonyl (C=O) groups excluding carboxylic acids is 4. The fourth-order valence-corrected chi connectivity index (χ4v) is 2.82. The van der Waals surface area contributed by atoms with Crippen molar-refractivity contribution in [1.82, 2.24) is 20.9 Å². The number of amides is 4. The topological polar surface area (TPSA) is 117 Å². The minimum Gasteiger partial charge on any atom is -0.444 e. The summed E-state index contributed by atoms with van der Waals surface area (Å²) in [5.41, 5.74) is -0.604. The molecule has 1 atom stereocenters. The Bertz CT molecular complexity index is 652. The highest BCUT2D eigenvalue weighted by Gasteiger charge is 2.37. The second-order valence-corrected chi connectivity index (χ2v) is 8.28. The molecule has 9 nitrogen and oxygen atoms in total. The Labute approximate surface area is 172 Å². The minimum absolute atomic E-state index is 0.00828. The molecule has 0 radical (unpaired) electrons. The molecule has 0 aromatic carbocycles. The number of rotatable bonds is 7. The summed E-state index contributed by atoms with van der Waals surface area (Å²) >= 11 is 0. The van der Waals surface area contributed by atoms with E-state index in [0.717, 1.165) is 0 Å². The molecule has 1 saturated heterocycles. The molecular weight excluding hydrogens is 376 g/mol. The van der Waals surface area contributed by atoms with Crippen molar-refractivity contribution in [3.63, 3.8) is 0 Å². The summed E-state index contributed by atoms with van der Waals surface area (Å²) in [6.45, 7) is 11.5. The van der Waals surface area contributed by atoms with Crippen molar-refractivity contribution in [2.45, 2.75) is 66.0 Å². The Morgan fingerprint density at radius 3 is 2.38 bits per heavy atom. The van der Waals surface area contributed by atoms with E-state index in [1.54, 1.807) is 33.8 Å². The molecule has 4 amide bonds. The van der Waals surface area contributed by atoms with Gasteiger partial charge in [-0.2, -0.15) is 0 Å². The fourth-order valence-electron chi connectivity index (χ4n) is 2.82. The molecule has 0 saturated carbocycles. The number of nitrogens with zero attached hydrogens (tertiary/aromatic N) is 1. The molecule has 0 aliphatic carbocycles. The van der Waals surface area contributed by atoms with E-state index in [1.165, 1.54) is 4.90 Å². The molecule has 1 aliphatic heterocycles. The van der Waals surface area contributed by atoms with Crippen LogP contribution in [0.4, 0.5) is 4.79 Å². The predicted octanol–water partition coefficient (Wildman–Crippen LogP) is 1.29. The lowest BCUT2D eigenvalue weighted by molar-refractivity contribution is -0.127. The number of hydrogen-bond acceptors (Lipinski definition) is 5. The molecule has 3 N–H and O–H groups in total. The highest BCUT2D eigenvalue weighted by atomic mass is 16.6. The van der Waals surface area contributed by atoms with E-state index in [1.807, 2.05) is 13.8 Å². The number of likely N-dealkylation sites (tertiary alicyclic amines) is 1. The van der Waals surface area contributed by atoms with Crippen LogP contribution in [0, 0.1) is 5.92 Å². The zero-order valence-electron chi connectivity index (χ0n) is 18.3. The maximum absolute atomic E-state index is 12.8. The smallest absolute Gasteiger partial charge is 0.410 e. The van der Waals surface area contributed by atoms with Crippen molar-refractivity contribution >= 4 is 23.8 Å². The molecule has 0 aromatic heterocycles. The summed E-state index contributed by atoms with van der Waals surface area (Å²) in [5, 5.41) is 7.70. The van der Waals surface area contributed by atoms with Crippen LogP contribution < -0.4 is 16.0 Å². The van der Waals surface area contributed by atoms with Crippen LogP contribution in [-0.2, 0) is 19.1 Å². The number of carbonyl (C=O) groups is 4. The van der Waals surface area contributed by atoms with Crippen LogP contribution in [0.5, 0.6) is 0 Å². The van der Waals surface area contributed by atoms with Gasteiger partial charge in [0.25, 0.3) is 5.91 Å². The molecule has 0 aromatic rings. The van der Waals surface area contributed by atoms with Crippen molar-refractivity contribution in [2.24, 2.45) is 5.92 Å². The third-order valence-electron chi connectivity index (χ3n) is 3.97. The lowest BCUT2D eigenvalue weighted by Gasteiger charge is -2.28. The normalized spacial score (nSPS) is 17.1. The Kier molecular flexibility index (Phi) is 9.13. The van der Waals surface area contributed by atoms with Gasteiger partial charge >= 0.3 is 6.09 Å². The maximum Gasteiger partial charge on any atom is 0.410 e. The van der Waals surface area contributed by atoms with Gasteiger partial charge in [0.05, 0.1) is 6.54 Å². The Morgan fingerprint density at radius 2 is 1.83 bits per heavy atom. The lowest BCUT2D eigenvalue weighted by Crippen LogP contribution is -2.49. The SMILES string of the molecule is CCNC(=O)CNC(=O)/C(=C/C(C)C)NC(=O)[C@@H]1CCCN1C(=O)OC(C)(C)C. The first-order valence-corrected chi connectivity index (χ1v) is 10.0. The molecule has 0 spiro atoms. The van der Waals surface area contributed by atoms with Gasteiger partial charge in [-0.05, 0) is 46.5 Å². The number of likely N-dealkylation sites (N-methyl/N-ethyl adjacent to an activating group) is 1. The van der Waals surface area contributed by atoms with Gasteiger partial charge in [-0.15, -0.1) is 0 Å². The fraction of sp³-hybridized carbons (Fsp3) is 0.700. The van der Waals surface area contributed by atoms with E-state index in [4.69, 9.17) is 4.74 Å². The molecular formula is C20H34N4O5. The molecule has 1 fully saturated rings. The average Bonchev–Trinajstić information content (AvgIpc) is 3.07. The van der Waals surface area contributed by atoms with Gasteiger partial charge in [-0.1, -0.05) is 19.9 Å². The molecule has 1 aliphatic rings. The largest absolute Gasteiger partial charge is 0.444 e. The monoisotopic (exact) mass is 410 g/mol. The van der Waals surface area contributed by atoms with Crippen LogP contribution >= 0.6 is 0 Å². The second kappa shape index (κ2) is 10.8. The van der Waals surface area contributed by atoms with Crippen molar-refractivity contribution < 1.29 is 23.9 Å². The maximum atomic E-state index is 12.8. The third kappa shape index (κ3) is 8.53. The van der Waals surface area contributed by atoms with Gasteiger partial charge in [-0.3, -0.25) is 19.3 Å². The molecule has 0 unspecified atom stereocenters. The highest BCUT2D eigenvalue weighted by molar-refractivity contribution is 6.00. The summed E-state index contributed by atoms with van der Waals surface area (Å²) in [6, 6.07) is -0.711. The molecule has 9 heteroatoms. The minimum atomic E-state index is -0.711. The Balaban J connectivity index is 2.82. The quantitative estimate of drug-likeness (QED) is 0.547. The van der Waals surface area contributed by atoms with E-state index in [-0.39, 0.29) is 24.1 Å². The first kappa shape index (κ1) is 24.5. The Morgan fingerprint density at radius 1 is 1.17 bits per heavy atom. The van der Waals surface area contributed by atoms with E-state index in [0.29, 0.717) is 25.9 Å². The average molecular weight is 411 g/mol. The lowest BCUT2D eigenvalue weighted by atomic mass is 10.1. The van der Waals surface area contributed by atoms with Gasteiger partial charge in [-0.25, -0.2) is 4.79 Å². The first-order valence-electron chi connectivity index (χ1n) is 10.0. The van der Waals surface area contributed by atoms with Crippen LogP contribution in [-0.4, -0.2) is 60.0 Å². The molecule has 1 heterocycles. The summed E-state index contributed by atoms with van der Waals surface area (Å²) in [5.74, 6) is -1.33. The van der Waals surface area contributed by atoms with Crippen molar-refractivity contribution in [3.8, 4) is 0 Å². The zero-order valence-corrected chi connectivity index (χ0v) is 18.3. The van der Waals surface area contributed by atoms with Crippen LogP contribution in [0.1, 0.15) is 54.4 Å². The Hall–Kier alpha value is -2.58. The summed E-state index contributed by atoms with van der Waals surface area (Å²) < 4.78 is 5.38. The number of allylic oxidation sites excluding steroid dienone is 1.